The first-order valence-electron chi connectivity index (χ1n) is 9.33. The van der Waals surface area contributed by atoms with Crippen LogP contribution in [0, 0.1) is 5.92 Å². The minimum absolute atomic E-state index is 0.00509. The van der Waals surface area contributed by atoms with Gasteiger partial charge in [-0.2, -0.15) is 0 Å². The number of ether oxygens (including phenoxy) is 2. The molecule has 0 spiro atoms. The highest BCUT2D eigenvalue weighted by Crippen LogP contribution is 2.34. The maximum Gasteiger partial charge on any atom is 0.221 e. The molecule has 2 heterocycles. The molecule has 0 radical (unpaired) electrons. The fourth-order valence-electron chi connectivity index (χ4n) is 2.97. The molecule has 3 rings (SSSR count). The third-order valence-corrected chi connectivity index (χ3v) is 5.24. The molecule has 144 valence electrons. The van der Waals surface area contributed by atoms with E-state index in [2.05, 4.69) is 24.1 Å². The second-order valence-corrected chi connectivity index (χ2v) is 8.11. The second-order valence-electron chi connectivity index (χ2n) is 6.94. The quantitative estimate of drug-likeness (QED) is 0.688. The molecule has 1 atom stereocenters. The molecule has 0 fully saturated rings. The maximum absolute atomic E-state index is 12.4. The molecule has 0 saturated carbocycles. The van der Waals surface area contributed by atoms with E-state index in [4.69, 9.17) is 9.47 Å². The summed E-state index contributed by atoms with van der Waals surface area (Å²) in [6, 6.07) is 9.85. The zero-order valence-electron chi connectivity index (χ0n) is 15.8. The van der Waals surface area contributed by atoms with Crippen molar-refractivity contribution in [1.82, 2.24) is 10.3 Å². The van der Waals surface area contributed by atoms with Crippen LogP contribution in [0.25, 0.3) is 0 Å². The van der Waals surface area contributed by atoms with E-state index < -0.39 is 0 Å². The Kier molecular flexibility index (Phi) is 6.98. The van der Waals surface area contributed by atoms with Crippen molar-refractivity contribution in [1.29, 1.82) is 0 Å². The van der Waals surface area contributed by atoms with Crippen molar-refractivity contribution in [3.05, 3.63) is 48.3 Å². The Balaban J connectivity index is 1.51. The van der Waals surface area contributed by atoms with Crippen LogP contribution < -0.4 is 14.8 Å². The first-order chi connectivity index (χ1) is 13.1. The number of carbonyl (C=O) groups excluding carboxylic acids is 1. The van der Waals surface area contributed by atoms with Gasteiger partial charge in [-0.3, -0.25) is 9.78 Å². The number of nitrogens with one attached hydrogen (secondary N) is 1. The third-order valence-electron chi connectivity index (χ3n) is 4.24. The molecule has 1 aromatic heterocycles. The lowest BCUT2D eigenvalue weighted by Crippen LogP contribution is -2.29. The minimum Gasteiger partial charge on any atom is -0.486 e. The van der Waals surface area contributed by atoms with Crippen molar-refractivity contribution >= 4 is 17.7 Å². The van der Waals surface area contributed by atoms with Crippen LogP contribution in [0.15, 0.2) is 47.6 Å². The number of hydrogen-bond acceptors (Lipinski definition) is 5. The predicted octanol–water partition coefficient (Wildman–Crippen LogP) is 4.24. The average Bonchev–Trinajstić information content (AvgIpc) is 2.68. The highest BCUT2D eigenvalue weighted by Gasteiger charge is 2.17. The normalized spacial score (nSPS) is 14.0. The molecule has 5 nitrogen and oxygen atoms in total. The van der Waals surface area contributed by atoms with Gasteiger partial charge in [0.1, 0.15) is 13.2 Å². The molecule has 2 aromatic rings. The minimum atomic E-state index is 0.00509. The number of fused-ring (bicyclic) bond motifs is 1. The lowest BCUT2D eigenvalue weighted by Gasteiger charge is -2.21. The smallest absolute Gasteiger partial charge is 0.221 e. The van der Waals surface area contributed by atoms with Gasteiger partial charge in [-0.1, -0.05) is 19.9 Å². The van der Waals surface area contributed by atoms with Gasteiger partial charge in [0.15, 0.2) is 11.5 Å². The van der Waals surface area contributed by atoms with Gasteiger partial charge in [0, 0.05) is 29.5 Å². The molecular weight excluding hydrogens is 360 g/mol. The lowest BCUT2D eigenvalue weighted by atomic mass is 9.98. The van der Waals surface area contributed by atoms with Gasteiger partial charge in [-0.05, 0) is 42.2 Å². The number of amides is 1. The van der Waals surface area contributed by atoms with E-state index in [1.54, 1.807) is 18.0 Å². The third kappa shape index (κ3) is 5.89. The van der Waals surface area contributed by atoms with Gasteiger partial charge in [-0.25, -0.2) is 0 Å². The number of pyridine rings is 1. The van der Waals surface area contributed by atoms with E-state index in [1.807, 2.05) is 36.5 Å². The number of nitrogens with zero attached hydrogens (tertiary/aromatic N) is 1. The van der Waals surface area contributed by atoms with Crippen molar-refractivity contribution in [2.45, 2.75) is 37.6 Å². The van der Waals surface area contributed by atoms with Crippen LogP contribution in [0.4, 0.5) is 0 Å². The standard InChI is InChI=1S/C21H26N2O3S/c1-15(2)12-18(16-4-3-8-22-14-16)23-21(24)7-11-27-17-5-6-19-20(13-17)26-10-9-25-19/h3-6,8,13-15,18H,7,9-12H2,1-2H3,(H,23,24). The van der Waals surface area contributed by atoms with Crippen molar-refractivity contribution in [2.24, 2.45) is 5.92 Å². The summed E-state index contributed by atoms with van der Waals surface area (Å²) in [7, 11) is 0. The Hall–Kier alpha value is -2.21. The number of carbonyl (C=O) groups is 1. The van der Waals surface area contributed by atoms with Gasteiger partial charge in [0.25, 0.3) is 0 Å². The summed E-state index contributed by atoms with van der Waals surface area (Å²) >= 11 is 1.65. The molecule has 0 aliphatic carbocycles. The lowest BCUT2D eigenvalue weighted by molar-refractivity contribution is -0.121. The van der Waals surface area contributed by atoms with Gasteiger partial charge >= 0.3 is 0 Å². The largest absolute Gasteiger partial charge is 0.486 e. The number of aromatic nitrogens is 1. The molecule has 1 aliphatic rings. The summed E-state index contributed by atoms with van der Waals surface area (Å²) in [5.74, 6) is 2.84. The molecule has 27 heavy (non-hydrogen) atoms. The van der Waals surface area contributed by atoms with E-state index in [9.17, 15) is 4.79 Å². The maximum atomic E-state index is 12.4. The SMILES string of the molecule is CC(C)CC(NC(=O)CCSc1ccc2c(c1)OCCO2)c1cccnc1. The highest BCUT2D eigenvalue weighted by molar-refractivity contribution is 7.99. The number of benzene rings is 1. The topological polar surface area (TPSA) is 60.5 Å². The molecule has 1 unspecified atom stereocenters. The molecule has 0 saturated heterocycles. The highest BCUT2D eigenvalue weighted by atomic mass is 32.2. The van der Waals surface area contributed by atoms with Gasteiger partial charge in [0.2, 0.25) is 5.91 Å². The first kappa shape index (κ1) is 19.5. The Morgan fingerprint density at radius 1 is 1.22 bits per heavy atom. The molecule has 6 heteroatoms. The van der Waals surface area contributed by atoms with Crippen LogP contribution in [-0.4, -0.2) is 29.9 Å². The zero-order chi connectivity index (χ0) is 19.1. The molecule has 1 aromatic carbocycles. The predicted molar refractivity (Wildman–Crippen MR) is 107 cm³/mol. The van der Waals surface area contributed by atoms with Crippen molar-refractivity contribution in [3.63, 3.8) is 0 Å². The molecule has 1 aliphatic heterocycles. The second kappa shape index (κ2) is 9.65. The molecule has 1 amide bonds. The Bertz CT molecular complexity index is 752. The Labute approximate surface area is 164 Å². The van der Waals surface area contributed by atoms with Crippen molar-refractivity contribution in [2.75, 3.05) is 19.0 Å². The van der Waals surface area contributed by atoms with Crippen LogP contribution in [0.5, 0.6) is 11.5 Å². The summed E-state index contributed by atoms with van der Waals surface area (Å²) < 4.78 is 11.1. The number of hydrogen-bond donors (Lipinski definition) is 1. The van der Waals surface area contributed by atoms with Gasteiger partial charge < -0.3 is 14.8 Å². The van der Waals surface area contributed by atoms with Crippen LogP contribution >= 0.6 is 11.8 Å². The van der Waals surface area contributed by atoms with E-state index in [0.717, 1.165) is 28.4 Å². The monoisotopic (exact) mass is 386 g/mol. The summed E-state index contributed by atoms with van der Waals surface area (Å²) in [4.78, 5) is 17.7. The average molecular weight is 387 g/mol. The van der Waals surface area contributed by atoms with E-state index in [1.165, 1.54) is 0 Å². The Morgan fingerprint density at radius 3 is 2.78 bits per heavy atom. The number of rotatable bonds is 8. The van der Waals surface area contributed by atoms with Gasteiger partial charge in [-0.15, -0.1) is 11.8 Å². The van der Waals surface area contributed by atoms with Crippen LogP contribution in [0.1, 0.15) is 38.3 Å². The molecule has 0 bridgehead atoms. The van der Waals surface area contributed by atoms with Crippen molar-refractivity contribution in [3.8, 4) is 11.5 Å². The Morgan fingerprint density at radius 2 is 2.04 bits per heavy atom. The molecule has 1 N–H and O–H groups in total. The van der Waals surface area contributed by atoms with Crippen LogP contribution in [0.2, 0.25) is 0 Å². The summed E-state index contributed by atoms with van der Waals surface area (Å²) in [5, 5.41) is 3.16. The number of thioether (sulfide) groups is 1. The fraction of sp³-hybridized carbons (Fsp3) is 0.429. The van der Waals surface area contributed by atoms with Gasteiger partial charge in [0.05, 0.1) is 6.04 Å². The summed E-state index contributed by atoms with van der Waals surface area (Å²) in [6.45, 7) is 5.49. The van der Waals surface area contributed by atoms with E-state index >= 15 is 0 Å². The van der Waals surface area contributed by atoms with E-state index in [-0.39, 0.29) is 11.9 Å². The first-order valence-corrected chi connectivity index (χ1v) is 10.3. The van der Waals surface area contributed by atoms with E-state index in [0.29, 0.717) is 31.3 Å². The zero-order valence-corrected chi connectivity index (χ0v) is 16.6. The van der Waals surface area contributed by atoms with Crippen molar-refractivity contribution < 1.29 is 14.3 Å². The summed E-state index contributed by atoms with van der Waals surface area (Å²) in [6.07, 6.45) is 4.94. The van der Waals surface area contributed by atoms with Crippen LogP contribution in [0.3, 0.4) is 0 Å². The van der Waals surface area contributed by atoms with Crippen LogP contribution in [-0.2, 0) is 4.79 Å². The summed E-state index contributed by atoms with van der Waals surface area (Å²) in [5.41, 5.74) is 1.05. The fourth-order valence-corrected chi connectivity index (χ4v) is 3.85. The molecular formula is C21H26N2O3S.